The molecule has 0 unspecified atom stereocenters. The standard InChI is InChI=1S/C19H24N6O/c1-13-21-19(23-22-13)14-9-15(18(26)10-14)11-20-12-16-7-8-25(24-16)17-5-3-2-4-6-17/h2-8,14-15,18,20,26H,9-12H2,1H3,(H,21,22,23)/t14-,15+,18+/m0/s1. The summed E-state index contributed by atoms with van der Waals surface area (Å²) in [6.45, 7) is 3.35. The van der Waals surface area contributed by atoms with E-state index >= 15 is 0 Å². The summed E-state index contributed by atoms with van der Waals surface area (Å²) < 4.78 is 1.88. The zero-order valence-corrected chi connectivity index (χ0v) is 14.8. The fourth-order valence-corrected chi connectivity index (χ4v) is 3.64. The molecule has 0 saturated heterocycles. The number of aromatic nitrogens is 5. The molecule has 0 amide bonds. The van der Waals surface area contributed by atoms with Crippen LogP contribution < -0.4 is 5.32 Å². The third-order valence-corrected chi connectivity index (χ3v) is 5.01. The van der Waals surface area contributed by atoms with Gasteiger partial charge in [0.25, 0.3) is 0 Å². The Morgan fingerprint density at radius 3 is 2.85 bits per heavy atom. The van der Waals surface area contributed by atoms with Gasteiger partial charge in [-0.1, -0.05) is 18.2 Å². The summed E-state index contributed by atoms with van der Waals surface area (Å²) in [7, 11) is 0. The van der Waals surface area contributed by atoms with Gasteiger partial charge in [0.2, 0.25) is 0 Å². The molecule has 1 aliphatic rings. The molecular weight excluding hydrogens is 328 g/mol. The summed E-state index contributed by atoms with van der Waals surface area (Å²) in [4.78, 5) is 4.41. The van der Waals surface area contributed by atoms with Crippen molar-refractivity contribution >= 4 is 0 Å². The maximum Gasteiger partial charge on any atom is 0.153 e. The maximum absolute atomic E-state index is 10.4. The maximum atomic E-state index is 10.4. The Balaban J connectivity index is 1.29. The van der Waals surface area contributed by atoms with Crippen molar-refractivity contribution < 1.29 is 5.11 Å². The van der Waals surface area contributed by atoms with Crippen LogP contribution in [0.1, 0.15) is 36.1 Å². The summed E-state index contributed by atoms with van der Waals surface area (Å²) >= 11 is 0. The Labute approximate surface area is 152 Å². The number of nitrogens with zero attached hydrogens (tertiary/aromatic N) is 4. The second kappa shape index (κ2) is 7.39. The third-order valence-electron chi connectivity index (χ3n) is 5.01. The first-order chi connectivity index (χ1) is 12.7. The molecule has 1 aliphatic carbocycles. The number of hydrogen-bond donors (Lipinski definition) is 3. The van der Waals surface area contributed by atoms with Gasteiger partial charge in [-0.2, -0.15) is 10.2 Å². The van der Waals surface area contributed by atoms with Gasteiger partial charge in [0.05, 0.1) is 17.5 Å². The third kappa shape index (κ3) is 3.68. The molecule has 1 aromatic carbocycles. The van der Waals surface area contributed by atoms with Crippen LogP contribution in [-0.4, -0.2) is 42.7 Å². The van der Waals surface area contributed by atoms with Gasteiger partial charge in [-0.15, -0.1) is 0 Å². The van der Waals surface area contributed by atoms with Crippen LogP contribution in [0, 0.1) is 12.8 Å². The van der Waals surface area contributed by atoms with E-state index in [-0.39, 0.29) is 17.9 Å². The lowest BCUT2D eigenvalue weighted by molar-refractivity contribution is 0.131. The largest absolute Gasteiger partial charge is 0.393 e. The van der Waals surface area contributed by atoms with E-state index in [1.807, 2.05) is 54.2 Å². The molecule has 7 heteroatoms. The minimum absolute atomic E-state index is 0.218. The quantitative estimate of drug-likeness (QED) is 0.631. The van der Waals surface area contributed by atoms with Crippen LogP contribution in [0.4, 0.5) is 0 Å². The first kappa shape index (κ1) is 16.9. The second-order valence-corrected chi connectivity index (χ2v) is 6.99. The van der Waals surface area contributed by atoms with Gasteiger partial charge in [0.15, 0.2) is 5.82 Å². The number of aliphatic hydroxyl groups is 1. The fraction of sp³-hybridized carbons (Fsp3) is 0.421. The Bertz CT molecular complexity index is 843. The zero-order valence-electron chi connectivity index (χ0n) is 14.8. The molecule has 4 rings (SSSR count). The highest BCUT2D eigenvalue weighted by molar-refractivity contribution is 5.30. The van der Waals surface area contributed by atoms with Crippen molar-refractivity contribution in [2.75, 3.05) is 6.54 Å². The van der Waals surface area contributed by atoms with Crippen LogP contribution >= 0.6 is 0 Å². The van der Waals surface area contributed by atoms with Crippen LogP contribution in [0.25, 0.3) is 5.69 Å². The number of nitrogens with one attached hydrogen (secondary N) is 2. The highest BCUT2D eigenvalue weighted by atomic mass is 16.3. The average Bonchev–Trinajstić information content (AvgIpc) is 3.37. The molecule has 3 aromatic rings. The van der Waals surface area contributed by atoms with Crippen molar-refractivity contribution in [3.63, 3.8) is 0 Å². The van der Waals surface area contributed by atoms with Gasteiger partial charge in [0, 0.05) is 25.2 Å². The van der Waals surface area contributed by atoms with Crippen molar-refractivity contribution in [2.45, 2.75) is 38.3 Å². The van der Waals surface area contributed by atoms with Crippen LogP contribution in [0.15, 0.2) is 42.6 Å². The molecule has 136 valence electrons. The predicted octanol–water partition coefficient (Wildman–Crippen LogP) is 1.94. The van der Waals surface area contributed by atoms with Gasteiger partial charge < -0.3 is 10.4 Å². The van der Waals surface area contributed by atoms with Crippen LogP contribution in [0.3, 0.4) is 0 Å². The molecule has 1 saturated carbocycles. The van der Waals surface area contributed by atoms with E-state index < -0.39 is 0 Å². The molecule has 3 N–H and O–H groups in total. The highest BCUT2D eigenvalue weighted by Crippen LogP contribution is 2.36. The fourth-order valence-electron chi connectivity index (χ4n) is 3.64. The Morgan fingerprint density at radius 1 is 1.23 bits per heavy atom. The van der Waals surface area contributed by atoms with Crippen molar-refractivity contribution in [3.05, 3.63) is 59.9 Å². The molecule has 0 aliphatic heterocycles. The number of aryl methyl sites for hydroxylation is 1. The van der Waals surface area contributed by atoms with E-state index in [0.717, 1.165) is 42.4 Å². The topological polar surface area (TPSA) is 91.7 Å². The lowest BCUT2D eigenvalue weighted by atomic mass is 10.0. The SMILES string of the molecule is Cc1nc([C@H]2C[C@H](CNCc3ccn(-c4ccccc4)n3)[C@H](O)C2)n[nH]1. The van der Waals surface area contributed by atoms with Crippen molar-refractivity contribution in [3.8, 4) is 5.69 Å². The lowest BCUT2D eigenvalue weighted by Crippen LogP contribution is -2.27. The molecule has 2 aromatic heterocycles. The normalized spacial score (nSPS) is 22.8. The summed E-state index contributed by atoms with van der Waals surface area (Å²) in [5.41, 5.74) is 2.04. The lowest BCUT2D eigenvalue weighted by Gasteiger charge is -2.14. The van der Waals surface area contributed by atoms with Gasteiger partial charge in [0.1, 0.15) is 5.82 Å². The smallest absolute Gasteiger partial charge is 0.153 e. The molecule has 7 nitrogen and oxygen atoms in total. The van der Waals surface area contributed by atoms with Gasteiger partial charge in [-0.3, -0.25) is 5.10 Å². The van der Waals surface area contributed by atoms with E-state index in [1.165, 1.54) is 0 Å². The molecule has 0 spiro atoms. The minimum Gasteiger partial charge on any atom is -0.393 e. The number of benzene rings is 1. The van der Waals surface area contributed by atoms with E-state index in [4.69, 9.17) is 0 Å². The number of rotatable bonds is 6. The number of aromatic amines is 1. The van der Waals surface area contributed by atoms with E-state index in [9.17, 15) is 5.11 Å². The Morgan fingerprint density at radius 2 is 2.08 bits per heavy atom. The van der Waals surface area contributed by atoms with Crippen LogP contribution in [-0.2, 0) is 6.54 Å². The number of hydrogen-bond acceptors (Lipinski definition) is 5. The molecule has 2 heterocycles. The van der Waals surface area contributed by atoms with Crippen LogP contribution in [0.2, 0.25) is 0 Å². The molecular formula is C19H24N6O. The monoisotopic (exact) mass is 352 g/mol. The molecule has 0 radical (unpaired) electrons. The number of para-hydroxylation sites is 1. The summed E-state index contributed by atoms with van der Waals surface area (Å²) in [6, 6.07) is 12.1. The Kier molecular flexibility index (Phi) is 4.81. The Hall–Kier alpha value is -2.51. The molecule has 26 heavy (non-hydrogen) atoms. The van der Waals surface area contributed by atoms with Crippen LogP contribution in [0.5, 0.6) is 0 Å². The number of H-pyrrole nitrogens is 1. The first-order valence-electron chi connectivity index (χ1n) is 9.06. The van der Waals surface area contributed by atoms with Crippen molar-refractivity contribution in [1.29, 1.82) is 0 Å². The van der Waals surface area contributed by atoms with Gasteiger partial charge in [-0.05, 0) is 43.9 Å². The second-order valence-electron chi connectivity index (χ2n) is 6.99. The average molecular weight is 352 g/mol. The summed E-state index contributed by atoms with van der Waals surface area (Å²) in [5, 5.41) is 25.5. The van der Waals surface area contributed by atoms with Gasteiger partial charge in [-0.25, -0.2) is 9.67 Å². The first-order valence-corrected chi connectivity index (χ1v) is 9.06. The molecule has 0 bridgehead atoms. The van der Waals surface area contributed by atoms with E-state index in [0.29, 0.717) is 6.54 Å². The summed E-state index contributed by atoms with van der Waals surface area (Å²) in [6.07, 6.45) is 3.29. The van der Waals surface area contributed by atoms with E-state index in [2.05, 4.69) is 25.6 Å². The van der Waals surface area contributed by atoms with Crippen molar-refractivity contribution in [2.24, 2.45) is 5.92 Å². The van der Waals surface area contributed by atoms with Crippen molar-refractivity contribution in [1.82, 2.24) is 30.3 Å². The predicted molar refractivity (Wildman–Crippen MR) is 97.9 cm³/mol. The molecule has 3 atom stereocenters. The highest BCUT2D eigenvalue weighted by Gasteiger charge is 2.35. The van der Waals surface area contributed by atoms with Gasteiger partial charge >= 0.3 is 0 Å². The van der Waals surface area contributed by atoms with E-state index in [1.54, 1.807) is 0 Å². The zero-order chi connectivity index (χ0) is 17.9. The summed E-state index contributed by atoms with van der Waals surface area (Å²) in [5.74, 6) is 2.10. The minimum atomic E-state index is -0.312. The molecule has 1 fully saturated rings. The number of aliphatic hydroxyl groups excluding tert-OH is 1.